The molecule has 0 amide bonds. The van der Waals surface area contributed by atoms with E-state index in [1.807, 2.05) is 30.3 Å². The predicted octanol–water partition coefficient (Wildman–Crippen LogP) is 3.74. The third-order valence-electron chi connectivity index (χ3n) is 3.58. The minimum absolute atomic E-state index is 0.224. The van der Waals surface area contributed by atoms with E-state index in [0.29, 0.717) is 11.4 Å². The summed E-state index contributed by atoms with van der Waals surface area (Å²) in [4.78, 5) is 12.7. The Labute approximate surface area is 144 Å². The molecule has 0 spiro atoms. The third-order valence-corrected chi connectivity index (χ3v) is 3.58. The second-order valence-corrected chi connectivity index (χ2v) is 5.25. The molecule has 128 valence electrons. The van der Waals surface area contributed by atoms with Crippen LogP contribution in [-0.2, 0) is 11.3 Å². The summed E-state index contributed by atoms with van der Waals surface area (Å²) >= 11 is 0. The minimum atomic E-state index is -0.282. The number of nitrogens with one attached hydrogen (secondary N) is 1. The lowest BCUT2D eigenvalue weighted by molar-refractivity contribution is 0.181. The minimum Gasteiger partial charge on any atom is -0.497 e. The first kappa shape index (κ1) is 16.7. The summed E-state index contributed by atoms with van der Waals surface area (Å²) < 4.78 is 11.7. The SMILES string of the molecule is COCc1[nH]n(-c2ccccc2)c(=O)c1N=Nc1ccc(OC)cc1. The number of benzene rings is 2. The molecule has 3 rings (SSSR count). The maximum Gasteiger partial charge on any atom is 0.299 e. The predicted molar refractivity (Wildman–Crippen MR) is 94.3 cm³/mol. The quantitative estimate of drug-likeness (QED) is 0.695. The second-order valence-electron chi connectivity index (χ2n) is 5.25. The number of hydrogen-bond acceptors (Lipinski definition) is 5. The Morgan fingerprint density at radius 1 is 1.00 bits per heavy atom. The van der Waals surface area contributed by atoms with E-state index in [1.165, 1.54) is 4.68 Å². The van der Waals surface area contributed by atoms with Gasteiger partial charge in [0, 0.05) is 7.11 Å². The van der Waals surface area contributed by atoms with E-state index in [1.54, 1.807) is 38.5 Å². The Hall–Kier alpha value is -3.19. The molecule has 0 fully saturated rings. The largest absolute Gasteiger partial charge is 0.497 e. The Morgan fingerprint density at radius 2 is 1.72 bits per heavy atom. The number of methoxy groups -OCH3 is 2. The van der Waals surface area contributed by atoms with E-state index in [9.17, 15) is 4.79 Å². The highest BCUT2D eigenvalue weighted by atomic mass is 16.5. The van der Waals surface area contributed by atoms with Crippen LogP contribution in [0.4, 0.5) is 11.4 Å². The summed E-state index contributed by atoms with van der Waals surface area (Å²) in [6.07, 6.45) is 0. The smallest absolute Gasteiger partial charge is 0.299 e. The molecule has 0 atom stereocenters. The van der Waals surface area contributed by atoms with Crippen LogP contribution in [0, 0.1) is 0 Å². The van der Waals surface area contributed by atoms with Crippen LogP contribution in [0.15, 0.2) is 69.6 Å². The van der Waals surface area contributed by atoms with Crippen LogP contribution in [0.1, 0.15) is 5.69 Å². The van der Waals surface area contributed by atoms with Crippen LogP contribution >= 0.6 is 0 Å². The molecule has 0 aliphatic carbocycles. The summed E-state index contributed by atoms with van der Waals surface area (Å²) in [5, 5.41) is 11.3. The molecule has 1 N–H and O–H groups in total. The fourth-order valence-corrected chi connectivity index (χ4v) is 2.34. The molecule has 3 aromatic rings. The van der Waals surface area contributed by atoms with Crippen molar-refractivity contribution in [2.75, 3.05) is 14.2 Å². The van der Waals surface area contributed by atoms with E-state index >= 15 is 0 Å². The Balaban J connectivity index is 1.98. The second kappa shape index (κ2) is 7.59. The lowest BCUT2D eigenvalue weighted by Gasteiger charge is -2.00. The highest BCUT2D eigenvalue weighted by molar-refractivity contribution is 5.45. The lowest BCUT2D eigenvalue weighted by atomic mass is 10.3. The van der Waals surface area contributed by atoms with E-state index in [2.05, 4.69) is 15.3 Å². The van der Waals surface area contributed by atoms with Gasteiger partial charge in [0.25, 0.3) is 5.56 Å². The molecule has 1 heterocycles. The number of azo groups is 1. The van der Waals surface area contributed by atoms with Crippen molar-refractivity contribution in [1.29, 1.82) is 0 Å². The van der Waals surface area contributed by atoms with Crippen LogP contribution in [0.2, 0.25) is 0 Å². The van der Waals surface area contributed by atoms with Gasteiger partial charge in [0.1, 0.15) is 5.75 Å². The molecule has 0 radical (unpaired) electrons. The third kappa shape index (κ3) is 3.67. The van der Waals surface area contributed by atoms with Gasteiger partial charge in [-0.2, -0.15) is 5.11 Å². The Kier molecular flexibility index (Phi) is 5.06. The summed E-state index contributed by atoms with van der Waals surface area (Å²) in [7, 11) is 3.15. The van der Waals surface area contributed by atoms with Gasteiger partial charge in [-0.05, 0) is 36.4 Å². The lowest BCUT2D eigenvalue weighted by Crippen LogP contribution is -2.13. The van der Waals surface area contributed by atoms with E-state index < -0.39 is 0 Å². The number of aromatic amines is 1. The maximum absolute atomic E-state index is 12.7. The summed E-state index contributed by atoms with van der Waals surface area (Å²) in [6.45, 7) is 0.228. The molecule has 0 saturated heterocycles. The molecule has 0 bridgehead atoms. The monoisotopic (exact) mass is 338 g/mol. The van der Waals surface area contributed by atoms with Crippen LogP contribution < -0.4 is 10.3 Å². The summed E-state index contributed by atoms with van der Waals surface area (Å²) in [5.41, 5.74) is 1.84. The molecule has 0 saturated carbocycles. The van der Waals surface area contributed by atoms with Crippen LogP contribution in [0.3, 0.4) is 0 Å². The normalized spacial score (nSPS) is 11.1. The van der Waals surface area contributed by atoms with Crippen molar-refractivity contribution in [3.63, 3.8) is 0 Å². The van der Waals surface area contributed by atoms with Crippen molar-refractivity contribution in [2.45, 2.75) is 6.61 Å². The topological polar surface area (TPSA) is 81.0 Å². The summed E-state index contributed by atoms with van der Waals surface area (Å²) in [5.74, 6) is 0.729. The van der Waals surface area contributed by atoms with Gasteiger partial charge in [-0.25, -0.2) is 4.68 Å². The van der Waals surface area contributed by atoms with Gasteiger partial charge in [-0.3, -0.25) is 9.89 Å². The molecule has 0 aliphatic heterocycles. The van der Waals surface area contributed by atoms with Gasteiger partial charge in [0.2, 0.25) is 0 Å². The molecule has 0 unspecified atom stereocenters. The molecule has 25 heavy (non-hydrogen) atoms. The molecule has 7 heteroatoms. The molecular formula is C18H18N4O3. The van der Waals surface area contributed by atoms with E-state index in [0.717, 1.165) is 11.4 Å². The van der Waals surface area contributed by atoms with Crippen molar-refractivity contribution in [2.24, 2.45) is 10.2 Å². The number of para-hydroxylation sites is 1. The van der Waals surface area contributed by atoms with Crippen molar-refractivity contribution in [3.8, 4) is 11.4 Å². The Morgan fingerprint density at radius 3 is 2.36 bits per heavy atom. The van der Waals surface area contributed by atoms with Crippen molar-refractivity contribution in [1.82, 2.24) is 9.78 Å². The highest BCUT2D eigenvalue weighted by Crippen LogP contribution is 2.22. The summed E-state index contributed by atoms with van der Waals surface area (Å²) in [6, 6.07) is 16.4. The highest BCUT2D eigenvalue weighted by Gasteiger charge is 2.15. The van der Waals surface area contributed by atoms with Crippen molar-refractivity contribution >= 4 is 11.4 Å². The molecule has 7 nitrogen and oxygen atoms in total. The average Bonchev–Trinajstić information content (AvgIpc) is 2.97. The first-order valence-corrected chi connectivity index (χ1v) is 7.67. The fourth-order valence-electron chi connectivity index (χ4n) is 2.34. The average molecular weight is 338 g/mol. The van der Waals surface area contributed by atoms with Gasteiger partial charge in [0.05, 0.1) is 30.8 Å². The first-order valence-electron chi connectivity index (χ1n) is 7.67. The maximum atomic E-state index is 12.7. The number of H-pyrrole nitrogens is 1. The number of aromatic nitrogens is 2. The van der Waals surface area contributed by atoms with Gasteiger partial charge in [-0.1, -0.05) is 18.2 Å². The molecule has 0 aliphatic rings. The molecule has 1 aromatic heterocycles. The van der Waals surface area contributed by atoms with Crippen molar-refractivity contribution < 1.29 is 9.47 Å². The van der Waals surface area contributed by atoms with Gasteiger partial charge in [-0.15, -0.1) is 5.11 Å². The van der Waals surface area contributed by atoms with Crippen LogP contribution in [-0.4, -0.2) is 24.0 Å². The van der Waals surface area contributed by atoms with Crippen molar-refractivity contribution in [3.05, 3.63) is 70.6 Å². The number of nitrogens with zero attached hydrogens (tertiary/aromatic N) is 3. The van der Waals surface area contributed by atoms with Gasteiger partial charge < -0.3 is 9.47 Å². The number of rotatable bonds is 6. The van der Waals surface area contributed by atoms with Gasteiger partial charge >= 0.3 is 0 Å². The number of ether oxygens (including phenoxy) is 2. The zero-order valence-electron chi connectivity index (χ0n) is 14.0. The molecule has 2 aromatic carbocycles. The van der Waals surface area contributed by atoms with E-state index in [4.69, 9.17) is 9.47 Å². The van der Waals surface area contributed by atoms with Crippen LogP contribution in [0.25, 0.3) is 5.69 Å². The zero-order valence-corrected chi connectivity index (χ0v) is 14.0. The number of hydrogen-bond donors (Lipinski definition) is 1. The van der Waals surface area contributed by atoms with Crippen LogP contribution in [0.5, 0.6) is 5.75 Å². The molecular weight excluding hydrogens is 320 g/mol. The zero-order chi connectivity index (χ0) is 17.6. The standard InChI is InChI=1S/C18H18N4O3/c1-24-12-16-17(20-19-13-8-10-15(25-2)11-9-13)18(23)22(21-16)14-6-4-3-5-7-14/h3-11,21H,12H2,1-2H3. The Bertz CT molecular complexity index is 912. The van der Waals surface area contributed by atoms with Gasteiger partial charge in [0.15, 0.2) is 5.69 Å². The fraction of sp³-hybridized carbons (Fsp3) is 0.167. The first-order chi connectivity index (χ1) is 12.2. The van der Waals surface area contributed by atoms with E-state index in [-0.39, 0.29) is 17.9 Å².